The molecule has 0 saturated carbocycles. The molecular weight excluding hydrogens is 1770 g/mol. The van der Waals surface area contributed by atoms with Gasteiger partial charge in [-0.1, -0.05) is 93.4 Å². The first-order valence-corrected chi connectivity index (χ1v) is 48.1. The monoisotopic (exact) mass is 1880 g/mol. The number of amides is 4. The average Bonchev–Trinajstić information content (AvgIpc) is 1.43. The predicted octanol–water partition coefficient (Wildman–Crippen LogP) is 17.4. The van der Waals surface area contributed by atoms with Gasteiger partial charge in [-0.25, -0.2) is 35.9 Å². The second-order valence-electron chi connectivity index (χ2n) is 34.6. The Balaban J connectivity index is 0.000000153. The number of urea groups is 2. The highest BCUT2D eigenvalue weighted by atomic mass is 32.2. The second-order valence-corrected chi connectivity index (χ2v) is 38.2. The van der Waals surface area contributed by atoms with E-state index in [2.05, 4.69) is 84.9 Å². The molecule has 4 atom stereocenters. The number of hydrogen-bond acceptors (Lipinski definition) is 28. The average molecular weight is 1880 g/mol. The summed E-state index contributed by atoms with van der Waals surface area (Å²) in [5.41, 5.74) is 15.6. The lowest BCUT2D eigenvalue weighted by atomic mass is 9.84. The number of carbonyl (C=O) groups is 3. The van der Waals surface area contributed by atoms with Gasteiger partial charge < -0.3 is 62.2 Å². The molecule has 0 spiro atoms. The van der Waals surface area contributed by atoms with Crippen LogP contribution in [-0.2, 0) is 55.3 Å². The van der Waals surface area contributed by atoms with E-state index < -0.39 is 37.6 Å². The number of benzene rings is 8. The number of nitrogens with one attached hydrogen (secondary N) is 4. The number of hydrogen-bond donors (Lipinski definition) is 4. The number of fused-ring (bicyclic) bond motifs is 4. The van der Waals surface area contributed by atoms with Crippen molar-refractivity contribution in [3.8, 4) is 139 Å². The van der Waals surface area contributed by atoms with Gasteiger partial charge in [0.05, 0.1) is 71.1 Å². The van der Waals surface area contributed by atoms with Crippen LogP contribution in [-0.4, -0.2) is 163 Å². The van der Waals surface area contributed by atoms with E-state index in [-0.39, 0.29) is 78.7 Å². The highest BCUT2D eigenvalue weighted by Crippen LogP contribution is 2.43. The van der Waals surface area contributed by atoms with Gasteiger partial charge in [-0.3, -0.25) is 4.79 Å². The zero-order chi connectivity index (χ0) is 97.2. The van der Waals surface area contributed by atoms with E-state index in [1.54, 1.807) is 88.9 Å². The fourth-order valence-corrected chi connectivity index (χ4v) is 19.0. The molecule has 4 aliphatic carbocycles. The van der Waals surface area contributed by atoms with Crippen LogP contribution in [0.1, 0.15) is 205 Å². The summed E-state index contributed by atoms with van der Waals surface area (Å²) in [6, 6.07) is 51.6. The van der Waals surface area contributed by atoms with Crippen molar-refractivity contribution >= 4 is 37.9 Å². The zero-order valence-corrected chi connectivity index (χ0v) is 79.8. The van der Waals surface area contributed by atoms with Crippen LogP contribution in [0.3, 0.4) is 0 Å². The molecule has 0 radical (unpaired) electrons. The number of methoxy groups -OCH3 is 1. The smallest absolute Gasteiger partial charge is 0.317 e. The van der Waals surface area contributed by atoms with Crippen LogP contribution in [0, 0.1) is 45.3 Å². The van der Waals surface area contributed by atoms with Crippen LogP contribution in [0.2, 0.25) is 0 Å². The van der Waals surface area contributed by atoms with Crippen molar-refractivity contribution in [2.75, 3.05) is 53.4 Å². The second kappa shape index (κ2) is 44.5. The highest BCUT2D eigenvalue weighted by Gasteiger charge is 2.34. The predicted molar refractivity (Wildman–Crippen MR) is 506 cm³/mol. The Kier molecular flexibility index (Phi) is 32.4. The SMILES string of the molecule is CC(=O)CS(=O)(=O)N[C@@H]1CCCc2c(-c3noc(-c4ccc(OC(C)C)c(C#N)c4)n3)cccc21.CC(C)Oc1ccc(-c2nc(-c3cccc4c3CCC[C@@H]4NC(=O)N(C)C)no2)cc1C#N.CC(C)Oc1ccc(-c2nc(-c3cccc4c3CCC[C@H]4NC(=O)N(C)C)no2)cc1C#N.COCCS(=O)(=O)N[C@H]1CCCc2c(-c3noc(-c4ccc(OC(C)C)c(C#N)c4)n3)cccc21. The van der Waals surface area contributed by atoms with Crippen LogP contribution in [0.25, 0.3) is 91.4 Å². The van der Waals surface area contributed by atoms with E-state index in [0.29, 0.717) is 115 Å². The third-order valence-corrected chi connectivity index (χ3v) is 25.3. The molecule has 36 heteroatoms. The van der Waals surface area contributed by atoms with Crippen molar-refractivity contribution in [2.45, 2.75) is 188 Å². The molecule has 4 heterocycles. The van der Waals surface area contributed by atoms with Crippen LogP contribution < -0.4 is 39.0 Å². The summed E-state index contributed by atoms with van der Waals surface area (Å²) in [5, 5.41) is 61.0. The van der Waals surface area contributed by atoms with E-state index in [9.17, 15) is 52.3 Å². The Labute approximate surface area is 790 Å². The summed E-state index contributed by atoms with van der Waals surface area (Å²) in [6.07, 6.45) is 9.70. The fraction of sp³-hybridized carbons (Fsp3) is 0.370. The van der Waals surface area contributed by atoms with Gasteiger partial charge in [-0.05, 0) is 257 Å². The molecule has 4 N–H and O–H groups in total. The minimum absolute atomic E-state index is 0.0338. The third-order valence-electron chi connectivity index (χ3n) is 22.5. The van der Waals surface area contributed by atoms with Gasteiger partial charge in [-0.15, -0.1) is 0 Å². The molecule has 706 valence electrons. The van der Waals surface area contributed by atoms with Crippen LogP contribution in [0.15, 0.2) is 164 Å². The molecule has 4 aliphatic rings. The first kappa shape index (κ1) is 99.0. The van der Waals surface area contributed by atoms with E-state index in [1.165, 1.54) is 23.8 Å². The third kappa shape index (κ3) is 24.5. The molecule has 0 unspecified atom stereocenters. The van der Waals surface area contributed by atoms with Crippen molar-refractivity contribution in [3.63, 3.8) is 0 Å². The van der Waals surface area contributed by atoms with Gasteiger partial charge >= 0.3 is 12.1 Å². The maximum Gasteiger partial charge on any atom is 0.317 e. The van der Waals surface area contributed by atoms with Gasteiger partial charge in [0, 0.05) is 91.9 Å². The summed E-state index contributed by atoms with van der Waals surface area (Å²) in [6.45, 7) is 16.6. The van der Waals surface area contributed by atoms with E-state index in [4.69, 9.17) is 41.8 Å². The first-order valence-electron chi connectivity index (χ1n) is 44.8. The van der Waals surface area contributed by atoms with Crippen molar-refractivity contribution < 1.29 is 73.0 Å². The highest BCUT2D eigenvalue weighted by molar-refractivity contribution is 7.90. The molecule has 34 nitrogen and oxygen atoms in total. The lowest BCUT2D eigenvalue weighted by Crippen LogP contribution is -2.38. The minimum atomic E-state index is -3.74. The summed E-state index contributed by atoms with van der Waals surface area (Å²) in [7, 11) is 1.19. The van der Waals surface area contributed by atoms with E-state index in [1.807, 2.05) is 140 Å². The molecule has 0 bridgehead atoms. The van der Waals surface area contributed by atoms with Crippen molar-refractivity contribution in [2.24, 2.45) is 0 Å². The van der Waals surface area contributed by atoms with Crippen LogP contribution in [0.5, 0.6) is 23.0 Å². The number of Topliss-reactive ketones (excluding diaryl/α,β-unsaturated/α-hetero) is 1. The number of nitrogens with zero attached hydrogens (tertiary/aromatic N) is 14. The van der Waals surface area contributed by atoms with Gasteiger partial charge in [0.15, 0.2) is 0 Å². The van der Waals surface area contributed by atoms with Crippen LogP contribution in [0.4, 0.5) is 9.59 Å². The summed E-state index contributed by atoms with van der Waals surface area (Å²) in [5.74, 6) is 4.00. The topological polar surface area (TPSA) is 471 Å². The molecule has 4 aromatic heterocycles. The van der Waals surface area contributed by atoms with Crippen molar-refractivity contribution in [1.29, 1.82) is 21.0 Å². The zero-order valence-electron chi connectivity index (χ0n) is 78.2. The van der Waals surface area contributed by atoms with Crippen molar-refractivity contribution in [3.05, 3.63) is 212 Å². The Morgan fingerprint density at radius 1 is 0.404 bits per heavy atom. The molecular formula is C100H108N18O16S2. The molecule has 0 fully saturated rings. The van der Waals surface area contributed by atoms with E-state index in [0.717, 1.165) is 131 Å². The number of nitriles is 4. The van der Waals surface area contributed by atoms with Gasteiger partial charge in [0.25, 0.3) is 23.6 Å². The molecule has 0 aliphatic heterocycles. The number of rotatable bonds is 27. The summed E-state index contributed by atoms with van der Waals surface area (Å²) in [4.78, 5) is 57.2. The Morgan fingerprint density at radius 3 is 0.919 bits per heavy atom. The normalized spacial score (nSPS) is 15.2. The fourth-order valence-electron chi connectivity index (χ4n) is 16.6. The first-order chi connectivity index (χ1) is 65.2. The molecule has 16 rings (SSSR count). The van der Waals surface area contributed by atoms with Crippen LogP contribution >= 0.6 is 0 Å². The van der Waals surface area contributed by atoms with Gasteiger partial charge in [0.2, 0.25) is 43.3 Å². The maximum atomic E-state index is 12.5. The van der Waals surface area contributed by atoms with E-state index >= 15 is 0 Å². The maximum absolute atomic E-state index is 12.5. The number of ketones is 1. The Bertz CT molecular complexity index is 6580. The summed E-state index contributed by atoms with van der Waals surface area (Å²) >= 11 is 0. The number of aromatic nitrogens is 8. The Hall–Kier alpha value is -14.5. The summed E-state index contributed by atoms with van der Waals surface area (Å²) < 4.78 is 105. The quantitative estimate of drug-likeness (QED) is 0.0371. The number of ether oxygens (including phenoxy) is 5. The van der Waals surface area contributed by atoms with Crippen molar-refractivity contribution in [1.82, 2.24) is 70.4 Å². The molecule has 4 amide bonds. The minimum Gasteiger partial charge on any atom is -0.490 e. The molecule has 0 saturated heterocycles. The largest absolute Gasteiger partial charge is 0.490 e. The lowest BCUT2D eigenvalue weighted by Gasteiger charge is -2.28. The number of sulfonamides is 2. The standard InChI is InChI=1S/2C25H27N5O3.C25H26N4O5S.C25H28N4O5S/c2*1-15(2)32-22-12-11-16(13-17(22)14-26)24-28-23(29-33-24)20-9-5-8-19-18(20)7-6-10-21(19)27-25(31)30(3)4;1-15(2)33-23-11-10-17(12-18(23)13-26)25-27-24(28-34-25)21-8-4-7-20-19(21)6-5-9-22(20)29-35(31,32)14-16(3)30;1-16(2)33-23-11-10-17(14-18(23)15-26)25-27-24(28-34-25)21-8-4-7-20-19(21)6-5-9-22(20)29-35(30,31)13-12-32-3/h2*5,8-9,11-13,15,21H,6-7,10H2,1-4H3,(H,27,31);4,7-8,10-12,15,22,29H,5-6,9,14H2,1-3H3;4,7-8,10-11,14,16,22,29H,5-6,9,12-13H2,1-3H3/t2*21-;2*22-/m1010/s1. The van der Waals surface area contributed by atoms with Gasteiger partial charge in [0.1, 0.15) is 58.8 Å². The molecule has 12 aromatic rings. The molecule has 136 heavy (non-hydrogen) atoms. The number of carbonyl (C=O) groups excluding carboxylic acids is 3. The van der Waals surface area contributed by atoms with Gasteiger partial charge in [-0.2, -0.15) is 41.0 Å². The lowest BCUT2D eigenvalue weighted by molar-refractivity contribution is -0.114. The molecule has 8 aromatic carbocycles. The Morgan fingerprint density at radius 2 is 0.669 bits per heavy atom.